The predicted molar refractivity (Wildman–Crippen MR) is 110 cm³/mol. The first-order chi connectivity index (χ1) is 15.5. The van der Waals surface area contributed by atoms with Gasteiger partial charge in [0, 0.05) is 0 Å². The van der Waals surface area contributed by atoms with E-state index >= 15 is 0 Å². The summed E-state index contributed by atoms with van der Waals surface area (Å²) in [5.74, 6) is 0.892. The highest BCUT2D eigenvalue weighted by molar-refractivity contribution is 8.13. The molecule has 0 radical (unpaired) electrons. The second-order valence-electron chi connectivity index (χ2n) is 6.73. The first-order valence-electron chi connectivity index (χ1n) is 9.62. The van der Waals surface area contributed by atoms with Gasteiger partial charge in [-0.25, -0.2) is 26.0 Å². The van der Waals surface area contributed by atoms with Gasteiger partial charge in [0.25, 0.3) is 0 Å². The van der Waals surface area contributed by atoms with Crippen LogP contribution in [0.4, 0.5) is 26.3 Å². The lowest BCUT2D eigenvalue weighted by Gasteiger charge is -2.22. The normalized spacial score (nSPS) is 12.7. The third-order valence-electron chi connectivity index (χ3n) is 4.11. The maximum absolute atomic E-state index is 11.4. The fraction of sp³-hybridized carbons (Fsp3) is 0.500. The second kappa shape index (κ2) is 11.9. The number of imidazole rings is 1. The molecule has 8 nitrogen and oxygen atoms in total. The fourth-order valence-corrected chi connectivity index (χ4v) is 4.08. The molecule has 0 aliphatic carbocycles. The van der Waals surface area contributed by atoms with E-state index in [1.165, 1.54) is 25.7 Å². The number of ether oxygens (including phenoxy) is 1. The lowest BCUT2D eigenvalue weighted by atomic mass is 10.2. The molecule has 194 valence electrons. The molecule has 2 aromatic rings. The molecule has 0 N–H and O–H groups in total. The molecule has 0 saturated carbocycles. The molecule has 0 saturated heterocycles. The zero-order chi connectivity index (χ0) is 26.2. The van der Waals surface area contributed by atoms with E-state index < -0.39 is 31.1 Å². The Labute approximate surface area is 193 Å². The van der Waals surface area contributed by atoms with E-state index in [9.17, 15) is 43.2 Å². The zero-order valence-corrected chi connectivity index (χ0v) is 19.7. The predicted octanol–water partition coefficient (Wildman–Crippen LogP) is 4.41. The van der Waals surface area contributed by atoms with E-state index in [1.54, 1.807) is 7.11 Å². The Morgan fingerprint density at radius 3 is 1.88 bits per heavy atom. The van der Waals surface area contributed by atoms with Crippen molar-refractivity contribution >= 4 is 20.0 Å². The molecule has 0 aliphatic rings. The molecule has 0 atom stereocenters. The smallest absolute Gasteiger partial charge is 0.480 e. The van der Waals surface area contributed by atoms with E-state index in [-0.39, 0.29) is 0 Å². The van der Waals surface area contributed by atoms with Gasteiger partial charge in [0.15, 0.2) is 20.0 Å². The zero-order valence-electron chi connectivity index (χ0n) is 18.0. The van der Waals surface area contributed by atoms with Gasteiger partial charge in [-0.3, -0.25) is 0 Å². The molecule has 0 aliphatic heterocycles. The summed E-state index contributed by atoms with van der Waals surface area (Å²) in [6, 6.07) is 8.11. The van der Waals surface area contributed by atoms with Crippen molar-refractivity contribution < 1.29 is 52.5 Å². The summed E-state index contributed by atoms with van der Waals surface area (Å²) in [7, 11) is -11.8. The van der Waals surface area contributed by atoms with Crippen molar-refractivity contribution in [2.75, 3.05) is 7.11 Å². The molecule has 0 spiro atoms. The van der Waals surface area contributed by atoms with Crippen LogP contribution in [0.1, 0.15) is 32.6 Å². The van der Waals surface area contributed by atoms with Crippen molar-refractivity contribution in [3.8, 4) is 11.4 Å². The number of nitrogens with zero attached hydrogens (tertiary/aromatic N) is 3. The Hall–Kier alpha value is -2.33. The Balaban J connectivity index is 0.000000352. The maximum Gasteiger partial charge on any atom is 0.480 e. The van der Waals surface area contributed by atoms with Gasteiger partial charge in [0.1, 0.15) is 23.8 Å². The first kappa shape index (κ1) is 29.7. The third-order valence-corrected chi connectivity index (χ3v) is 6.85. The topological polar surface area (TPSA) is 100 Å². The molecule has 1 aromatic carbocycles. The van der Waals surface area contributed by atoms with E-state index in [4.69, 9.17) is 4.74 Å². The molecule has 0 amide bonds. The number of methoxy groups -OCH3 is 1. The van der Waals surface area contributed by atoms with Crippen LogP contribution in [0.2, 0.25) is 0 Å². The molecule has 1 aromatic heterocycles. The average molecular weight is 540 g/mol. The molecule has 0 unspecified atom stereocenters. The highest BCUT2D eigenvalue weighted by atomic mass is 32.3. The number of hydrogen-bond acceptors (Lipinski definition) is 5. The lowest BCUT2D eigenvalue weighted by Crippen LogP contribution is -2.30. The average Bonchev–Trinajstić information content (AvgIpc) is 3.18. The Morgan fingerprint density at radius 2 is 1.44 bits per heavy atom. The quantitative estimate of drug-likeness (QED) is 0.267. The number of aryl methyl sites for hydroxylation is 1. The largest absolute Gasteiger partial charge is 0.497 e. The number of halogens is 6. The summed E-state index contributed by atoms with van der Waals surface area (Å²) >= 11 is 0. The molecule has 34 heavy (non-hydrogen) atoms. The highest BCUT2D eigenvalue weighted by Crippen LogP contribution is 2.36. The van der Waals surface area contributed by atoms with Crippen LogP contribution >= 0.6 is 0 Å². The van der Waals surface area contributed by atoms with Gasteiger partial charge in [-0.15, -0.1) is 0 Å². The first-order valence-corrected chi connectivity index (χ1v) is 12.5. The molecule has 2 rings (SSSR count). The van der Waals surface area contributed by atoms with Crippen LogP contribution in [-0.2, 0) is 26.6 Å². The maximum atomic E-state index is 11.4. The number of aromatic nitrogens is 2. The summed E-state index contributed by atoms with van der Waals surface area (Å²) in [4.78, 5) is 0. The van der Waals surface area contributed by atoms with Crippen LogP contribution in [-0.4, -0.2) is 39.5 Å². The summed E-state index contributed by atoms with van der Waals surface area (Å²) < 4.78 is 119. The number of sulfonamides is 2. The monoisotopic (exact) mass is 539 g/mol. The van der Waals surface area contributed by atoms with Crippen LogP contribution in [0.15, 0.2) is 43.0 Å². The van der Waals surface area contributed by atoms with Gasteiger partial charge in [-0.1, -0.05) is 19.8 Å². The van der Waals surface area contributed by atoms with Crippen LogP contribution in [0.5, 0.6) is 5.75 Å². The summed E-state index contributed by atoms with van der Waals surface area (Å²) in [6.45, 7) is 3.34. The number of alkyl halides is 6. The van der Waals surface area contributed by atoms with Crippen molar-refractivity contribution in [3.63, 3.8) is 0 Å². The van der Waals surface area contributed by atoms with Gasteiger partial charge in [0.05, 0.1) is 13.7 Å². The molecular formula is C18H23F6N3O5S2. The van der Waals surface area contributed by atoms with Gasteiger partial charge in [-0.05, 0) is 37.1 Å². The van der Waals surface area contributed by atoms with Crippen LogP contribution < -0.4 is 9.30 Å². The fourth-order valence-electron chi connectivity index (χ4n) is 2.37. The van der Waals surface area contributed by atoms with Gasteiger partial charge >= 0.3 is 11.0 Å². The minimum Gasteiger partial charge on any atom is -0.497 e. The van der Waals surface area contributed by atoms with Crippen LogP contribution in [0.3, 0.4) is 0 Å². The summed E-state index contributed by atoms with van der Waals surface area (Å²) in [6.07, 6.45) is 11.6. The lowest BCUT2D eigenvalue weighted by molar-refractivity contribution is -0.696. The van der Waals surface area contributed by atoms with Crippen molar-refractivity contribution in [1.82, 2.24) is 4.57 Å². The third kappa shape index (κ3) is 8.79. The Bertz CT molecular complexity index is 1070. The molecule has 0 bridgehead atoms. The SMILES string of the molecule is CCCCCC[n+]1ccn(-c2ccc(OC)cc2)c1.O=S(=O)([N-]S(=O)(=O)C(F)(F)F)C(F)(F)F. The highest BCUT2D eigenvalue weighted by Gasteiger charge is 2.46. The molecule has 0 fully saturated rings. The van der Waals surface area contributed by atoms with Crippen molar-refractivity contribution in [3.05, 3.63) is 47.1 Å². The molecular weight excluding hydrogens is 516 g/mol. The van der Waals surface area contributed by atoms with Crippen molar-refractivity contribution in [1.29, 1.82) is 0 Å². The number of benzene rings is 1. The number of hydrogen-bond donors (Lipinski definition) is 0. The number of rotatable bonds is 9. The number of unbranched alkanes of at least 4 members (excludes halogenated alkanes) is 3. The van der Waals surface area contributed by atoms with Gasteiger partial charge < -0.3 is 8.86 Å². The minimum absolute atomic E-state index is 0.778. The Morgan fingerprint density at radius 1 is 0.912 bits per heavy atom. The van der Waals surface area contributed by atoms with Crippen molar-refractivity contribution in [2.24, 2.45) is 0 Å². The van der Waals surface area contributed by atoms with E-state index in [2.05, 4.69) is 46.9 Å². The van der Waals surface area contributed by atoms with E-state index in [0.717, 1.165) is 22.1 Å². The van der Waals surface area contributed by atoms with Gasteiger partial charge in [-0.2, -0.15) is 26.3 Å². The molecule has 16 heteroatoms. The molecule has 1 heterocycles. The van der Waals surface area contributed by atoms with E-state index in [0.29, 0.717) is 0 Å². The van der Waals surface area contributed by atoms with Crippen molar-refractivity contribution in [2.45, 2.75) is 50.2 Å². The summed E-state index contributed by atoms with van der Waals surface area (Å²) in [5.41, 5.74) is -11.2. The van der Waals surface area contributed by atoms with Crippen LogP contribution in [0, 0.1) is 0 Å². The van der Waals surface area contributed by atoms with Crippen LogP contribution in [0.25, 0.3) is 9.81 Å². The second-order valence-corrected chi connectivity index (χ2v) is 10.2. The van der Waals surface area contributed by atoms with Gasteiger partial charge in [0.2, 0.25) is 6.33 Å². The Kier molecular flexibility index (Phi) is 10.4. The summed E-state index contributed by atoms with van der Waals surface area (Å²) in [5, 5.41) is 0. The standard InChI is InChI=1S/C16H23N2O.C2F6NO4S2/c1-3-4-5-6-11-17-12-13-18(14-17)15-7-9-16(19-2)10-8-15;3-1(4,5)14(10,11)9-15(12,13)2(6,7)8/h7-10,12-14H,3-6,11H2,1-2H3;/q+1;-1. The van der Waals surface area contributed by atoms with E-state index in [1.807, 2.05) is 12.1 Å². The minimum atomic E-state index is -6.72.